The largest absolute Gasteiger partial charge is 0.368 e. The van der Waals surface area contributed by atoms with Crippen LogP contribution in [0.3, 0.4) is 0 Å². The Morgan fingerprint density at radius 1 is 1.00 bits per heavy atom. The molecule has 7 heteroatoms. The third-order valence-corrected chi connectivity index (χ3v) is 7.34. The van der Waals surface area contributed by atoms with Gasteiger partial charge in [0, 0.05) is 62.4 Å². The number of aromatic nitrogens is 4. The van der Waals surface area contributed by atoms with Crippen LogP contribution in [-0.2, 0) is 6.42 Å². The summed E-state index contributed by atoms with van der Waals surface area (Å²) in [5, 5.41) is 0. The Bertz CT molecular complexity index is 1390. The van der Waals surface area contributed by atoms with Gasteiger partial charge in [-0.15, -0.1) is 0 Å². The van der Waals surface area contributed by atoms with E-state index in [-0.39, 0.29) is 5.56 Å². The second-order valence-corrected chi connectivity index (χ2v) is 9.42. The highest BCUT2D eigenvalue weighted by Crippen LogP contribution is 2.27. The summed E-state index contributed by atoms with van der Waals surface area (Å²) < 4.78 is 3.72. The van der Waals surface area contributed by atoms with Crippen molar-refractivity contribution in [2.45, 2.75) is 45.6 Å². The molecule has 170 valence electrons. The summed E-state index contributed by atoms with van der Waals surface area (Å²) in [6, 6.07) is 8.63. The summed E-state index contributed by atoms with van der Waals surface area (Å²) in [4.78, 5) is 27.6. The van der Waals surface area contributed by atoms with Crippen molar-refractivity contribution in [2.24, 2.45) is 0 Å². The van der Waals surface area contributed by atoms with Crippen LogP contribution in [-0.4, -0.2) is 55.9 Å². The lowest BCUT2D eigenvalue weighted by molar-refractivity contribution is 0.120. The van der Waals surface area contributed by atoms with Gasteiger partial charge in [-0.2, -0.15) is 0 Å². The molecule has 5 heterocycles. The molecular formula is C26H30N6O. The van der Waals surface area contributed by atoms with Crippen LogP contribution >= 0.6 is 0 Å². The average molecular weight is 443 g/mol. The fourth-order valence-electron chi connectivity index (χ4n) is 5.22. The van der Waals surface area contributed by atoms with Crippen molar-refractivity contribution in [1.29, 1.82) is 0 Å². The van der Waals surface area contributed by atoms with Gasteiger partial charge in [0.1, 0.15) is 11.3 Å². The third-order valence-electron chi connectivity index (χ3n) is 7.34. The van der Waals surface area contributed by atoms with E-state index in [0.717, 1.165) is 66.8 Å². The van der Waals surface area contributed by atoms with Gasteiger partial charge in [-0.3, -0.25) is 14.1 Å². The standard InChI is InChI=1S/C26H30N6O/c1-3-19-13-20(16-31-15-18(2)27-26(19)31)23-14-25(33)32-17-22(7-8-24(32)28-23)30-11-9-29(10-12-30)21-5-4-6-21/h7-8,13-17,21H,3-6,9-12H2,1-2H3. The van der Waals surface area contributed by atoms with Crippen molar-refractivity contribution >= 4 is 17.0 Å². The molecule has 0 atom stereocenters. The fraction of sp³-hybridized carbons (Fsp3) is 0.423. The Kier molecular flexibility index (Phi) is 4.94. The van der Waals surface area contributed by atoms with E-state index in [4.69, 9.17) is 4.98 Å². The van der Waals surface area contributed by atoms with E-state index in [1.54, 1.807) is 10.5 Å². The summed E-state index contributed by atoms with van der Waals surface area (Å²) in [5.41, 5.74) is 6.46. The van der Waals surface area contributed by atoms with Crippen molar-refractivity contribution in [3.63, 3.8) is 0 Å². The van der Waals surface area contributed by atoms with E-state index in [0.29, 0.717) is 11.3 Å². The highest BCUT2D eigenvalue weighted by Gasteiger charge is 2.28. The molecule has 1 saturated heterocycles. The highest BCUT2D eigenvalue weighted by atomic mass is 16.1. The molecule has 0 bridgehead atoms. The predicted octanol–water partition coefficient (Wildman–Crippen LogP) is 3.55. The Morgan fingerprint density at radius 3 is 2.55 bits per heavy atom. The van der Waals surface area contributed by atoms with Crippen LogP contribution in [0.2, 0.25) is 0 Å². The molecule has 1 aliphatic carbocycles. The van der Waals surface area contributed by atoms with Gasteiger partial charge < -0.3 is 9.30 Å². The summed E-state index contributed by atoms with van der Waals surface area (Å²) in [6.07, 6.45) is 10.9. The number of piperazine rings is 1. The minimum absolute atomic E-state index is 0.0510. The van der Waals surface area contributed by atoms with Gasteiger partial charge in [-0.05, 0) is 49.9 Å². The molecule has 0 aromatic carbocycles. The number of hydrogen-bond acceptors (Lipinski definition) is 5. The summed E-state index contributed by atoms with van der Waals surface area (Å²) in [6.45, 7) is 8.34. The average Bonchev–Trinajstić information content (AvgIpc) is 3.17. The van der Waals surface area contributed by atoms with Crippen LogP contribution in [0.5, 0.6) is 0 Å². The minimum atomic E-state index is -0.0510. The molecule has 0 unspecified atom stereocenters. The Morgan fingerprint density at radius 2 is 1.82 bits per heavy atom. The van der Waals surface area contributed by atoms with Gasteiger partial charge in [-0.25, -0.2) is 9.97 Å². The van der Waals surface area contributed by atoms with Crippen LogP contribution in [0.1, 0.15) is 37.4 Å². The first-order valence-electron chi connectivity index (χ1n) is 12.1. The molecule has 4 aromatic rings. The fourth-order valence-corrected chi connectivity index (χ4v) is 5.22. The molecule has 0 spiro atoms. The van der Waals surface area contributed by atoms with Crippen molar-refractivity contribution < 1.29 is 0 Å². The maximum atomic E-state index is 13.1. The zero-order chi connectivity index (χ0) is 22.5. The van der Waals surface area contributed by atoms with Crippen molar-refractivity contribution in [3.05, 3.63) is 64.5 Å². The molecule has 33 heavy (non-hydrogen) atoms. The number of anilines is 1. The molecular weight excluding hydrogens is 412 g/mol. The lowest BCUT2D eigenvalue weighted by Crippen LogP contribution is -2.52. The van der Waals surface area contributed by atoms with Gasteiger partial charge in [-0.1, -0.05) is 13.3 Å². The van der Waals surface area contributed by atoms with Gasteiger partial charge in [0.25, 0.3) is 5.56 Å². The maximum absolute atomic E-state index is 13.1. The van der Waals surface area contributed by atoms with E-state index in [1.165, 1.54) is 19.3 Å². The third kappa shape index (κ3) is 3.60. The highest BCUT2D eigenvalue weighted by molar-refractivity contribution is 5.66. The van der Waals surface area contributed by atoms with E-state index >= 15 is 0 Å². The summed E-state index contributed by atoms with van der Waals surface area (Å²) in [5.74, 6) is 0. The van der Waals surface area contributed by atoms with Gasteiger partial charge >= 0.3 is 0 Å². The van der Waals surface area contributed by atoms with E-state index < -0.39 is 0 Å². The molecule has 6 rings (SSSR count). The van der Waals surface area contributed by atoms with Crippen LogP contribution in [0, 0.1) is 6.92 Å². The first-order valence-corrected chi connectivity index (χ1v) is 12.1. The topological polar surface area (TPSA) is 58.2 Å². The first kappa shape index (κ1) is 20.4. The smallest absolute Gasteiger partial charge is 0.258 e. The lowest BCUT2D eigenvalue weighted by atomic mass is 9.91. The van der Waals surface area contributed by atoms with E-state index in [9.17, 15) is 4.79 Å². The first-order chi connectivity index (χ1) is 16.1. The number of hydrogen-bond donors (Lipinski definition) is 0. The van der Waals surface area contributed by atoms with Gasteiger partial charge in [0.15, 0.2) is 0 Å². The second kappa shape index (κ2) is 7.99. The van der Waals surface area contributed by atoms with Crippen LogP contribution in [0.25, 0.3) is 22.6 Å². The maximum Gasteiger partial charge on any atom is 0.258 e. The monoisotopic (exact) mass is 442 g/mol. The number of aryl methyl sites for hydroxylation is 2. The minimum Gasteiger partial charge on any atom is -0.368 e. The molecule has 0 amide bonds. The molecule has 1 aliphatic heterocycles. The zero-order valence-corrected chi connectivity index (χ0v) is 19.4. The van der Waals surface area contributed by atoms with Crippen molar-refractivity contribution in [3.8, 4) is 11.3 Å². The molecule has 1 saturated carbocycles. The predicted molar refractivity (Wildman–Crippen MR) is 131 cm³/mol. The Balaban J connectivity index is 1.32. The number of nitrogens with zero attached hydrogens (tertiary/aromatic N) is 6. The molecule has 0 radical (unpaired) electrons. The molecule has 2 aliphatic rings. The second-order valence-electron chi connectivity index (χ2n) is 9.42. The normalized spacial score (nSPS) is 17.7. The van der Waals surface area contributed by atoms with E-state index in [2.05, 4.69) is 33.8 Å². The molecule has 7 nitrogen and oxygen atoms in total. The summed E-state index contributed by atoms with van der Waals surface area (Å²) in [7, 11) is 0. The Hall–Kier alpha value is -3.19. The number of fused-ring (bicyclic) bond motifs is 2. The van der Waals surface area contributed by atoms with Crippen molar-refractivity contribution in [2.75, 3.05) is 31.1 Å². The molecule has 4 aromatic heterocycles. The lowest BCUT2D eigenvalue weighted by Gasteiger charge is -2.43. The van der Waals surface area contributed by atoms with Crippen molar-refractivity contribution in [1.82, 2.24) is 23.7 Å². The molecule has 2 fully saturated rings. The Labute approximate surface area is 193 Å². The SMILES string of the molecule is CCc1cc(-c2cc(=O)n3cc(N4CCN(C5CCC5)CC4)ccc3n2)cn2cc(C)nc12. The van der Waals surface area contributed by atoms with Crippen LogP contribution < -0.4 is 10.5 Å². The van der Waals surface area contributed by atoms with Gasteiger partial charge in [0.2, 0.25) is 0 Å². The number of pyridine rings is 2. The van der Waals surface area contributed by atoms with Crippen LogP contribution in [0.15, 0.2) is 47.7 Å². The van der Waals surface area contributed by atoms with Crippen LogP contribution in [0.4, 0.5) is 5.69 Å². The summed E-state index contributed by atoms with van der Waals surface area (Å²) >= 11 is 0. The number of imidazole rings is 1. The van der Waals surface area contributed by atoms with Gasteiger partial charge in [0.05, 0.1) is 17.1 Å². The quantitative estimate of drug-likeness (QED) is 0.484. The number of rotatable bonds is 4. The van der Waals surface area contributed by atoms with E-state index in [1.807, 2.05) is 36.0 Å². The zero-order valence-electron chi connectivity index (χ0n) is 19.4. The molecule has 0 N–H and O–H groups in total.